The Bertz CT molecular complexity index is 747. The van der Waals surface area contributed by atoms with Gasteiger partial charge in [-0.05, 0) is 0 Å². The molecule has 0 radical (unpaired) electrons. The zero-order valence-corrected chi connectivity index (χ0v) is 16.2. The van der Waals surface area contributed by atoms with Gasteiger partial charge in [-0.1, -0.05) is 0 Å². The average molecular weight is 396 g/mol. The third-order valence-electron chi connectivity index (χ3n) is 4.43. The Morgan fingerprint density at radius 2 is 1.52 bits per heavy atom. The second-order valence-corrected chi connectivity index (χ2v) is 10.8. The Morgan fingerprint density at radius 1 is 0.880 bits per heavy atom. The van der Waals surface area contributed by atoms with Crippen molar-refractivity contribution in [2.75, 3.05) is 32.8 Å². The van der Waals surface area contributed by atoms with Crippen molar-refractivity contribution in [3.8, 4) is 10.7 Å². The van der Waals surface area contributed by atoms with Crippen LogP contribution in [0.15, 0.2) is 60.7 Å². The molecular weight excluding hydrogens is 375 g/mol. The van der Waals surface area contributed by atoms with Gasteiger partial charge < -0.3 is 0 Å². The molecule has 0 N–H and O–H groups in total. The van der Waals surface area contributed by atoms with Crippen LogP contribution in [0.4, 0.5) is 0 Å². The molecule has 3 saturated heterocycles. The number of fused-ring (bicyclic) bond motifs is 6. The fourth-order valence-electron chi connectivity index (χ4n) is 3.09. The van der Waals surface area contributed by atoms with Gasteiger partial charge in [0.15, 0.2) is 0 Å². The van der Waals surface area contributed by atoms with Crippen LogP contribution in [0.5, 0.6) is 0 Å². The van der Waals surface area contributed by atoms with Crippen LogP contribution in [0.3, 0.4) is 0 Å². The summed E-state index contributed by atoms with van der Waals surface area (Å²) < 4.78 is 22.1. The van der Waals surface area contributed by atoms with E-state index in [1.807, 2.05) is 48.5 Å². The topological polar surface area (TPSA) is 30.9 Å². The Kier molecular flexibility index (Phi) is 5.20. The molecule has 2 bridgehead atoms. The Balaban J connectivity index is 1.66. The number of hydrogen-bond acceptors (Lipinski definition) is 4. The van der Waals surface area contributed by atoms with Crippen molar-refractivity contribution in [1.82, 2.24) is 4.90 Å². The molecule has 0 aliphatic carbocycles. The van der Waals surface area contributed by atoms with Gasteiger partial charge in [0.25, 0.3) is 0 Å². The van der Waals surface area contributed by atoms with Gasteiger partial charge in [-0.25, -0.2) is 0 Å². The Hall–Kier alpha value is -1.62. The van der Waals surface area contributed by atoms with Gasteiger partial charge in [0.1, 0.15) is 0 Å². The summed E-state index contributed by atoms with van der Waals surface area (Å²) in [6.07, 6.45) is -0.0631. The molecule has 3 aliphatic rings. The van der Waals surface area contributed by atoms with Crippen LogP contribution in [-0.4, -0.2) is 52.0 Å². The summed E-state index contributed by atoms with van der Waals surface area (Å²) >= 11 is -3.65. The van der Waals surface area contributed by atoms with Crippen LogP contribution in [0, 0.1) is 10.7 Å². The Morgan fingerprint density at radius 3 is 2.20 bits per heavy atom. The SMILES string of the molecule is C(#[C][Ge]12[O]CCN(CC[O]1)CC(c1ccccc1)[O]2)c1ccccc1. The maximum absolute atomic E-state index is 6.49. The van der Waals surface area contributed by atoms with Crippen molar-refractivity contribution in [2.45, 2.75) is 6.10 Å². The summed E-state index contributed by atoms with van der Waals surface area (Å²) in [6.45, 7) is 3.89. The van der Waals surface area contributed by atoms with Gasteiger partial charge in [0.05, 0.1) is 0 Å². The van der Waals surface area contributed by atoms with Crippen LogP contribution < -0.4 is 0 Å². The summed E-state index contributed by atoms with van der Waals surface area (Å²) in [5, 5.41) is 0. The predicted octanol–water partition coefficient (Wildman–Crippen LogP) is 2.64. The van der Waals surface area contributed by atoms with E-state index in [0.29, 0.717) is 13.2 Å². The minimum atomic E-state index is -3.65. The molecule has 128 valence electrons. The molecule has 4 nitrogen and oxygen atoms in total. The van der Waals surface area contributed by atoms with Crippen molar-refractivity contribution in [1.29, 1.82) is 0 Å². The second-order valence-electron chi connectivity index (χ2n) is 6.19. The van der Waals surface area contributed by atoms with Gasteiger partial charge in [0, 0.05) is 0 Å². The molecule has 3 aliphatic heterocycles. The van der Waals surface area contributed by atoms with Crippen LogP contribution in [0.1, 0.15) is 17.2 Å². The van der Waals surface area contributed by atoms with Crippen molar-refractivity contribution in [3.63, 3.8) is 0 Å². The van der Waals surface area contributed by atoms with Crippen molar-refractivity contribution < 1.29 is 11.3 Å². The Labute approximate surface area is 152 Å². The van der Waals surface area contributed by atoms with Gasteiger partial charge in [-0.3, -0.25) is 0 Å². The van der Waals surface area contributed by atoms with Crippen LogP contribution >= 0.6 is 0 Å². The zero-order chi connectivity index (χ0) is 17.0. The van der Waals surface area contributed by atoms with Crippen molar-refractivity contribution >= 4 is 14.3 Å². The molecule has 5 rings (SSSR count). The van der Waals surface area contributed by atoms with Gasteiger partial charge in [-0.15, -0.1) is 0 Å². The molecule has 1 atom stereocenters. The molecule has 3 heterocycles. The monoisotopic (exact) mass is 397 g/mol. The van der Waals surface area contributed by atoms with E-state index in [1.54, 1.807) is 0 Å². The molecule has 5 heteroatoms. The first-order valence-electron chi connectivity index (χ1n) is 8.64. The van der Waals surface area contributed by atoms with Gasteiger partial charge >= 0.3 is 152 Å². The first kappa shape index (κ1) is 16.8. The number of nitrogens with zero attached hydrogens (tertiary/aromatic N) is 1. The number of rotatable bonds is 1. The van der Waals surface area contributed by atoms with E-state index in [4.69, 9.17) is 11.3 Å². The van der Waals surface area contributed by atoms with E-state index in [-0.39, 0.29) is 6.10 Å². The van der Waals surface area contributed by atoms with Crippen molar-refractivity contribution in [2.24, 2.45) is 0 Å². The normalized spacial score (nSPS) is 29.0. The first-order valence-corrected chi connectivity index (χ1v) is 12.3. The fraction of sp³-hybridized carbons (Fsp3) is 0.300. The molecule has 0 amide bonds. The summed E-state index contributed by atoms with van der Waals surface area (Å²) in [5.41, 5.74) is 2.11. The molecule has 25 heavy (non-hydrogen) atoms. The second kappa shape index (κ2) is 7.73. The summed E-state index contributed by atoms with van der Waals surface area (Å²) in [4.78, 5) is 2.34. The zero-order valence-electron chi connectivity index (χ0n) is 14.1. The van der Waals surface area contributed by atoms with Crippen LogP contribution in [0.2, 0.25) is 0 Å². The van der Waals surface area contributed by atoms with Crippen LogP contribution in [-0.2, 0) is 11.3 Å². The van der Waals surface area contributed by atoms with E-state index >= 15 is 0 Å². The summed E-state index contributed by atoms with van der Waals surface area (Å²) in [5.74, 6) is 3.22. The third kappa shape index (κ3) is 4.14. The van der Waals surface area contributed by atoms with Crippen LogP contribution in [0.25, 0.3) is 0 Å². The molecule has 2 aromatic rings. The summed E-state index contributed by atoms with van der Waals surface area (Å²) in [6, 6.07) is 20.2. The number of benzene rings is 2. The predicted molar refractivity (Wildman–Crippen MR) is 97.7 cm³/mol. The molecule has 3 fully saturated rings. The van der Waals surface area contributed by atoms with E-state index in [2.05, 4.69) is 27.7 Å². The fourth-order valence-corrected chi connectivity index (χ4v) is 7.34. The van der Waals surface area contributed by atoms with Gasteiger partial charge in [0.2, 0.25) is 0 Å². The molecule has 0 spiro atoms. The molecular formula is C20H21GeNO3. The van der Waals surface area contributed by atoms with E-state index in [0.717, 1.165) is 30.8 Å². The summed E-state index contributed by atoms with van der Waals surface area (Å²) in [7, 11) is 0. The molecule has 0 saturated carbocycles. The molecule has 1 unspecified atom stereocenters. The average Bonchev–Trinajstić information content (AvgIpc) is 2.62. The standard InChI is InChI=1S/C20H21GeNO3/c1-3-7-18(8-4-1)11-12-21-23-15-13-22(14-16-24-21)17-20(25-21)19-9-5-2-6-10-19/h1-10,20H,13-17H2. The van der Waals surface area contributed by atoms with E-state index in [9.17, 15) is 0 Å². The van der Waals surface area contributed by atoms with Gasteiger partial charge in [-0.2, -0.15) is 0 Å². The molecule has 0 aromatic heterocycles. The quantitative estimate of drug-likeness (QED) is 0.548. The minimum absolute atomic E-state index is 0.0631. The van der Waals surface area contributed by atoms with E-state index in [1.165, 1.54) is 0 Å². The number of hydrogen-bond donors (Lipinski definition) is 0. The molecule has 2 aromatic carbocycles. The third-order valence-corrected chi connectivity index (χ3v) is 9.03. The van der Waals surface area contributed by atoms with E-state index < -0.39 is 14.3 Å². The van der Waals surface area contributed by atoms with Crippen molar-refractivity contribution in [3.05, 3.63) is 71.8 Å². The maximum atomic E-state index is 6.49. The first-order chi connectivity index (χ1) is 12.3.